The summed E-state index contributed by atoms with van der Waals surface area (Å²) in [5.41, 5.74) is -0.416. The first-order valence-corrected chi connectivity index (χ1v) is 7.80. The van der Waals surface area contributed by atoms with Crippen molar-refractivity contribution in [2.75, 3.05) is 26.7 Å². The highest BCUT2D eigenvalue weighted by Crippen LogP contribution is 2.20. The zero-order valence-corrected chi connectivity index (χ0v) is 13.8. The molecule has 134 valence electrons. The van der Waals surface area contributed by atoms with Gasteiger partial charge in [0, 0.05) is 26.2 Å². The summed E-state index contributed by atoms with van der Waals surface area (Å²) in [5.74, 6) is -2.55. The fraction of sp³-hybridized carbons (Fsp3) is 0.438. The number of carbonyl (C=O) groups excluding carboxylic acids is 2. The van der Waals surface area contributed by atoms with Crippen molar-refractivity contribution in [2.24, 2.45) is 5.92 Å². The van der Waals surface area contributed by atoms with Crippen LogP contribution in [0.15, 0.2) is 24.3 Å². The summed E-state index contributed by atoms with van der Waals surface area (Å²) in [6.07, 6.45) is 1.11. The van der Waals surface area contributed by atoms with Crippen molar-refractivity contribution in [2.45, 2.75) is 12.8 Å². The number of nitro groups is 1. The molecular formula is C16H19N3O6. The third-order valence-electron chi connectivity index (χ3n) is 4.17. The number of piperidine rings is 1. The molecule has 1 saturated heterocycles. The number of hydrogen-bond donors (Lipinski definition) is 1. The van der Waals surface area contributed by atoms with E-state index in [4.69, 9.17) is 5.11 Å². The minimum Gasteiger partial charge on any atom is -0.481 e. The molecule has 1 fully saturated rings. The van der Waals surface area contributed by atoms with Crippen molar-refractivity contribution in [1.82, 2.24) is 9.80 Å². The highest BCUT2D eigenvalue weighted by Gasteiger charge is 2.30. The number of likely N-dealkylation sites (tertiary alicyclic amines) is 1. The zero-order valence-electron chi connectivity index (χ0n) is 13.8. The van der Waals surface area contributed by atoms with E-state index in [1.807, 2.05) is 0 Å². The van der Waals surface area contributed by atoms with Crippen LogP contribution in [-0.2, 0) is 9.59 Å². The second kappa shape index (κ2) is 7.73. The lowest BCUT2D eigenvalue weighted by molar-refractivity contribution is -0.385. The van der Waals surface area contributed by atoms with Crippen LogP contribution in [-0.4, -0.2) is 64.3 Å². The number of rotatable bonds is 5. The summed E-state index contributed by atoms with van der Waals surface area (Å²) in [4.78, 5) is 48.7. The fourth-order valence-corrected chi connectivity index (χ4v) is 2.80. The highest BCUT2D eigenvalue weighted by atomic mass is 16.6. The van der Waals surface area contributed by atoms with Crippen molar-refractivity contribution in [3.63, 3.8) is 0 Å². The number of para-hydroxylation sites is 1. The Balaban J connectivity index is 2.05. The van der Waals surface area contributed by atoms with E-state index < -0.39 is 22.7 Å². The molecule has 9 nitrogen and oxygen atoms in total. The largest absolute Gasteiger partial charge is 0.481 e. The maximum atomic E-state index is 12.4. The Morgan fingerprint density at radius 3 is 2.68 bits per heavy atom. The quantitative estimate of drug-likeness (QED) is 0.625. The lowest BCUT2D eigenvalue weighted by Crippen LogP contribution is -2.47. The normalized spacial score (nSPS) is 17.0. The van der Waals surface area contributed by atoms with Crippen LogP contribution in [0, 0.1) is 16.0 Å². The third-order valence-corrected chi connectivity index (χ3v) is 4.17. The number of nitro benzene ring substituents is 1. The number of carboxylic acids is 1. The molecule has 1 aromatic rings. The number of carbonyl (C=O) groups is 3. The van der Waals surface area contributed by atoms with Gasteiger partial charge >= 0.3 is 5.97 Å². The van der Waals surface area contributed by atoms with E-state index in [1.54, 1.807) is 0 Å². The van der Waals surface area contributed by atoms with Gasteiger partial charge in [-0.05, 0) is 18.9 Å². The van der Waals surface area contributed by atoms with Crippen LogP contribution in [0.4, 0.5) is 5.69 Å². The number of amides is 2. The van der Waals surface area contributed by atoms with Gasteiger partial charge in [0.2, 0.25) is 5.91 Å². The lowest BCUT2D eigenvalue weighted by Gasteiger charge is -2.32. The summed E-state index contributed by atoms with van der Waals surface area (Å²) >= 11 is 0. The average Bonchev–Trinajstić information content (AvgIpc) is 2.60. The fourth-order valence-electron chi connectivity index (χ4n) is 2.80. The van der Waals surface area contributed by atoms with Crippen molar-refractivity contribution >= 4 is 23.5 Å². The number of aliphatic carboxylic acids is 1. The molecule has 0 bridgehead atoms. The van der Waals surface area contributed by atoms with Gasteiger partial charge in [0.25, 0.3) is 11.6 Å². The summed E-state index contributed by atoms with van der Waals surface area (Å²) < 4.78 is 0. The first-order valence-electron chi connectivity index (χ1n) is 7.80. The van der Waals surface area contributed by atoms with E-state index in [-0.39, 0.29) is 30.2 Å². The average molecular weight is 349 g/mol. The molecule has 25 heavy (non-hydrogen) atoms. The van der Waals surface area contributed by atoms with E-state index in [0.717, 1.165) is 4.90 Å². The minimum absolute atomic E-state index is 0.0927. The Bertz CT molecular complexity index is 705. The second-order valence-electron chi connectivity index (χ2n) is 5.95. The predicted molar refractivity (Wildman–Crippen MR) is 87.0 cm³/mol. The molecule has 0 spiro atoms. The molecule has 2 amide bonds. The van der Waals surface area contributed by atoms with E-state index in [9.17, 15) is 24.5 Å². The van der Waals surface area contributed by atoms with Gasteiger partial charge in [-0.1, -0.05) is 12.1 Å². The summed E-state index contributed by atoms with van der Waals surface area (Å²) in [7, 11) is 1.38. The standard InChI is InChI=1S/C16H19N3O6/c1-17(15(21)12-6-2-3-7-13(12)19(24)25)10-14(20)18-8-4-5-11(9-18)16(22)23/h2-3,6-7,11H,4-5,8-10H2,1H3,(H,22,23). The summed E-state index contributed by atoms with van der Waals surface area (Å²) in [6.45, 7) is 0.287. The lowest BCUT2D eigenvalue weighted by atomic mass is 9.98. The van der Waals surface area contributed by atoms with E-state index >= 15 is 0 Å². The Labute approximate surface area is 144 Å². The zero-order chi connectivity index (χ0) is 18.6. The number of carboxylic acid groups (broad SMARTS) is 1. The molecule has 1 atom stereocenters. The minimum atomic E-state index is -0.943. The van der Waals surface area contributed by atoms with Crippen LogP contribution >= 0.6 is 0 Å². The van der Waals surface area contributed by atoms with E-state index in [1.165, 1.54) is 36.2 Å². The van der Waals surface area contributed by atoms with E-state index in [2.05, 4.69) is 0 Å². The Kier molecular flexibility index (Phi) is 5.68. The van der Waals surface area contributed by atoms with Gasteiger partial charge in [-0.2, -0.15) is 0 Å². The highest BCUT2D eigenvalue weighted by molar-refractivity contribution is 5.99. The van der Waals surface area contributed by atoms with Gasteiger partial charge in [0.15, 0.2) is 0 Å². The molecule has 0 saturated carbocycles. The van der Waals surface area contributed by atoms with Crippen LogP contribution in [0.1, 0.15) is 23.2 Å². The van der Waals surface area contributed by atoms with Gasteiger partial charge in [-0.25, -0.2) is 0 Å². The number of likely N-dealkylation sites (N-methyl/N-ethyl adjacent to an activating group) is 1. The number of nitrogens with zero attached hydrogens (tertiary/aromatic N) is 3. The van der Waals surface area contributed by atoms with Crippen molar-refractivity contribution < 1.29 is 24.4 Å². The molecule has 2 rings (SSSR count). The van der Waals surface area contributed by atoms with Crippen LogP contribution in [0.3, 0.4) is 0 Å². The van der Waals surface area contributed by atoms with Gasteiger partial charge in [-0.15, -0.1) is 0 Å². The van der Waals surface area contributed by atoms with Gasteiger partial charge in [0.1, 0.15) is 5.56 Å². The number of hydrogen-bond acceptors (Lipinski definition) is 5. The Hall–Kier alpha value is -2.97. The van der Waals surface area contributed by atoms with Crippen LogP contribution in [0.2, 0.25) is 0 Å². The molecule has 1 aromatic carbocycles. The molecule has 1 unspecified atom stereocenters. The molecule has 1 heterocycles. The van der Waals surface area contributed by atoms with Crippen molar-refractivity contribution in [3.8, 4) is 0 Å². The number of benzene rings is 1. The second-order valence-corrected chi connectivity index (χ2v) is 5.95. The van der Waals surface area contributed by atoms with Gasteiger partial charge < -0.3 is 14.9 Å². The van der Waals surface area contributed by atoms with Crippen LogP contribution in [0.25, 0.3) is 0 Å². The third kappa shape index (κ3) is 4.31. The summed E-state index contributed by atoms with van der Waals surface area (Å²) in [6, 6.07) is 5.53. The molecule has 0 aromatic heterocycles. The van der Waals surface area contributed by atoms with Crippen molar-refractivity contribution in [1.29, 1.82) is 0 Å². The molecule has 9 heteroatoms. The van der Waals surface area contributed by atoms with Crippen LogP contribution in [0.5, 0.6) is 0 Å². The molecule has 0 aliphatic carbocycles. The van der Waals surface area contributed by atoms with Crippen molar-refractivity contribution in [3.05, 3.63) is 39.9 Å². The first-order chi connectivity index (χ1) is 11.8. The summed E-state index contributed by atoms with van der Waals surface area (Å²) in [5, 5.41) is 20.1. The topological polar surface area (TPSA) is 121 Å². The SMILES string of the molecule is CN(CC(=O)N1CCCC(C(=O)O)C1)C(=O)c1ccccc1[N+](=O)[O-]. The molecule has 1 aliphatic heterocycles. The van der Waals surface area contributed by atoms with E-state index in [0.29, 0.717) is 19.4 Å². The molecule has 1 N–H and O–H groups in total. The Morgan fingerprint density at radius 1 is 1.36 bits per heavy atom. The Morgan fingerprint density at radius 2 is 2.04 bits per heavy atom. The maximum absolute atomic E-state index is 12.4. The molecule has 1 aliphatic rings. The maximum Gasteiger partial charge on any atom is 0.308 e. The van der Waals surface area contributed by atoms with Crippen LogP contribution < -0.4 is 0 Å². The molecule has 0 radical (unpaired) electrons. The smallest absolute Gasteiger partial charge is 0.308 e. The monoisotopic (exact) mass is 349 g/mol. The van der Waals surface area contributed by atoms with Gasteiger partial charge in [0.05, 0.1) is 17.4 Å². The van der Waals surface area contributed by atoms with Gasteiger partial charge in [-0.3, -0.25) is 24.5 Å². The first kappa shape index (κ1) is 18.4. The molecular weight excluding hydrogens is 330 g/mol. The predicted octanol–water partition coefficient (Wildman–Crippen LogP) is 0.990.